The first kappa shape index (κ1) is 11.2. The summed E-state index contributed by atoms with van der Waals surface area (Å²) in [6.45, 7) is 3.57. The van der Waals surface area contributed by atoms with Crippen molar-refractivity contribution < 1.29 is 4.79 Å². The summed E-state index contributed by atoms with van der Waals surface area (Å²) in [4.78, 5) is 19.7. The zero-order chi connectivity index (χ0) is 12.3. The Hall–Kier alpha value is -2.25. The molecule has 0 fully saturated rings. The first-order chi connectivity index (χ1) is 8.18. The Balaban J connectivity index is 1.98. The molecule has 0 saturated heterocycles. The Bertz CT molecular complexity index is 464. The lowest BCUT2D eigenvalue weighted by molar-refractivity contribution is -0.124. The van der Waals surface area contributed by atoms with Crippen molar-refractivity contribution in [2.45, 2.75) is 25.9 Å². The van der Waals surface area contributed by atoms with Crippen LogP contribution in [0.4, 0.5) is 0 Å². The minimum absolute atomic E-state index is 0.153. The number of nitrogens with one attached hydrogen (secondary N) is 2. The van der Waals surface area contributed by atoms with E-state index in [2.05, 4.69) is 30.6 Å². The zero-order valence-electron chi connectivity index (χ0n) is 9.53. The molecule has 2 unspecified atom stereocenters. The fourth-order valence-corrected chi connectivity index (χ4v) is 1.36. The SMILES string of the molecule is CC(NC(=O)C(C)n1cncn1)c1ncn[nH]1. The molecule has 2 rings (SSSR count). The summed E-state index contributed by atoms with van der Waals surface area (Å²) in [5, 5.41) is 13.2. The molecule has 17 heavy (non-hydrogen) atoms. The molecule has 0 aliphatic heterocycles. The van der Waals surface area contributed by atoms with Crippen molar-refractivity contribution in [3.8, 4) is 0 Å². The molecule has 2 heterocycles. The van der Waals surface area contributed by atoms with Crippen LogP contribution < -0.4 is 5.32 Å². The normalized spacial score (nSPS) is 14.2. The van der Waals surface area contributed by atoms with Gasteiger partial charge in [0.05, 0.1) is 6.04 Å². The average Bonchev–Trinajstić information content (AvgIpc) is 3.00. The van der Waals surface area contributed by atoms with E-state index < -0.39 is 6.04 Å². The van der Waals surface area contributed by atoms with E-state index in [9.17, 15) is 4.79 Å². The second kappa shape index (κ2) is 4.73. The Morgan fingerprint density at radius 1 is 1.47 bits per heavy atom. The van der Waals surface area contributed by atoms with Gasteiger partial charge >= 0.3 is 0 Å². The predicted molar refractivity (Wildman–Crippen MR) is 57.7 cm³/mol. The first-order valence-electron chi connectivity index (χ1n) is 5.18. The van der Waals surface area contributed by atoms with Crippen molar-refractivity contribution >= 4 is 5.91 Å². The molecule has 2 aromatic heterocycles. The van der Waals surface area contributed by atoms with E-state index in [4.69, 9.17) is 0 Å². The Morgan fingerprint density at radius 3 is 2.88 bits per heavy atom. The van der Waals surface area contributed by atoms with Gasteiger partial charge < -0.3 is 5.32 Å². The molecule has 8 nitrogen and oxygen atoms in total. The number of nitrogens with zero attached hydrogens (tertiary/aromatic N) is 5. The smallest absolute Gasteiger partial charge is 0.245 e. The van der Waals surface area contributed by atoms with Gasteiger partial charge in [-0.3, -0.25) is 9.89 Å². The molecule has 1 amide bonds. The van der Waals surface area contributed by atoms with E-state index in [0.29, 0.717) is 5.82 Å². The second-order valence-corrected chi connectivity index (χ2v) is 3.65. The highest BCUT2D eigenvalue weighted by atomic mass is 16.2. The van der Waals surface area contributed by atoms with Crippen LogP contribution in [0.15, 0.2) is 19.0 Å². The fourth-order valence-electron chi connectivity index (χ4n) is 1.36. The first-order valence-corrected chi connectivity index (χ1v) is 5.18. The standard InChI is InChI=1S/C9H13N7O/c1-6(8-11-4-12-15-8)14-9(17)7(2)16-5-10-3-13-16/h3-7H,1-2H3,(H,14,17)(H,11,12,15). The van der Waals surface area contributed by atoms with Crippen LogP contribution in [0, 0.1) is 0 Å². The highest BCUT2D eigenvalue weighted by Crippen LogP contribution is 2.08. The van der Waals surface area contributed by atoms with Gasteiger partial charge in [0.2, 0.25) is 5.91 Å². The van der Waals surface area contributed by atoms with Gasteiger partial charge in [-0.05, 0) is 13.8 Å². The van der Waals surface area contributed by atoms with Crippen LogP contribution in [-0.4, -0.2) is 35.9 Å². The van der Waals surface area contributed by atoms with Crippen LogP contribution >= 0.6 is 0 Å². The molecule has 2 aromatic rings. The zero-order valence-corrected chi connectivity index (χ0v) is 9.53. The Morgan fingerprint density at radius 2 is 2.29 bits per heavy atom. The number of aromatic amines is 1. The Labute approximate surface area is 97.5 Å². The highest BCUT2D eigenvalue weighted by molar-refractivity contribution is 5.80. The number of rotatable bonds is 4. The molecular formula is C9H13N7O. The second-order valence-electron chi connectivity index (χ2n) is 3.65. The average molecular weight is 235 g/mol. The van der Waals surface area contributed by atoms with Gasteiger partial charge in [-0.25, -0.2) is 14.6 Å². The third-order valence-electron chi connectivity index (χ3n) is 2.42. The summed E-state index contributed by atoms with van der Waals surface area (Å²) in [5.74, 6) is 0.462. The van der Waals surface area contributed by atoms with Crippen molar-refractivity contribution in [3.63, 3.8) is 0 Å². The molecule has 0 aromatic carbocycles. The van der Waals surface area contributed by atoms with Gasteiger partial charge in [-0.1, -0.05) is 0 Å². The number of carbonyl (C=O) groups excluding carboxylic acids is 1. The van der Waals surface area contributed by atoms with E-state index in [1.54, 1.807) is 6.92 Å². The van der Waals surface area contributed by atoms with Crippen LogP contribution in [-0.2, 0) is 4.79 Å². The monoisotopic (exact) mass is 235 g/mol. The lowest BCUT2D eigenvalue weighted by Gasteiger charge is -2.15. The molecule has 0 bridgehead atoms. The summed E-state index contributed by atoms with van der Waals surface area (Å²) in [5.41, 5.74) is 0. The number of H-pyrrole nitrogens is 1. The van der Waals surface area contributed by atoms with Gasteiger partial charge in [-0.15, -0.1) is 0 Å². The summed E-state index contributed by atoms with van der Waals surface area (Å²) in [7, 11) is 0. The van der Waals surface area contributed by atoms with Crippen molar-refractivity contribution in [1.29, 1.82) is 0 Å². The molecule has 2 atom stereocenters. The maximum atomic E-state index is 11.9. The van der Waals surface area contributed by atoms with Crippen LogP contribution in [0.3, 0.4) is 0 Å². The van der Waals surface area contributed by atoms with Gasteiger partial charge in [0, 0.05) is 0 Å². The van der Waals surface area contributed by atoms with E-state index in [1.165, 1.54) is 23.7 Å². The number of hydrogen-bond donors (Lipinski definition) is 2. The number of hydrogen-bond acceptors (Lipinski definition) is 5. The molecule has 0 aliphatic rings. The van der Waals surface area contributed by atoms with Gasteiger partial charge in [-0.2, -0.15) is 10.2 Å². The highest BCUT2D eigenvalue weighted by Gasteiger charge is 2.19. The topological polar surface area (TPSA) is 101 Å². The summed E-state index contributed by atoms with van der Waals surface area (Å²) >= 11 is 0. The molecule has 0 saturated carbocycles. The predicted octanol–water partition coefficient (Wildman–Crippen LogP) is -0.165. The number of aromatic nitrogens is 6. The summed E-state index contributed by atoms with van der Waals surface area (Å²) in [6.07, 6.45) is 4.30. The van der Waals surface area contributed by atoms with Crippen LogP contribution in [0.1, 0.15) is 31.8 Å². The van der Waals surface area contributed by atoms with Gasteiger partial charge in [0.1, 0.15) is 30.8 Å². The summed E-state index contributed by atoms with van der Waals surface area (Å²) in [6, 6.07) is -0.640. The van der Waals surface area contributed by atoms with Gasteiger partial charge in [0.15, 0.2) is 0 Å². The van der Waals surface area contributed by atoms with Crippen molar-refractivity contribution in [2.75, 3.05) is 0 Å². The maximum absolute atomic E-state index is 11.9. The Kier molecular flexibility index (Phi) is 3.12. The quantitative estimate of drug-likeness (QED) is 0.766. The summed E-state index contributed by atoms with van der Waals surface area (Å²) < 4.78 is 1.49. The van der Waals surface area contributed by atoms with E-state index in [1.807, 2.05) is 6.92 Å². The minimum Gasteiger partial charge on any atom is -0.345 e. The van der Waals surface area contributed by atoms with E-state index in [-0.39, 0.29) is 11.9 Å². The van der Waals surface area contributed by atoms with Crippen LogP contribution in [0.5, 0.6) is 0 Å². The minimum atomic E-state index is -0.414. The fraction of sp³-hybridized carbons (Fsp3) is 0.444. The van der Waals surface area contributed by atoms with Crippen LogP contribution in [0.2, 0.25) is 0 Å². The third-order valence-corrected chi connectivity index (χ3v) is 2.42. The molecule has 8 heteroatoms. The molecule has 0 aliphatic carbocycles. The lowest BCUT2D eigenvalue weighted by atomic mass is 10.2. The largest absolute Gasteiger partial charge is 0.345 e. The van der Waals surface area contributed by atoms with Gasteiger partial charge in [0.25, 0.3) is 0 Å². The molecule has 0 radical (unpaired) electrons. The molecular weight excluding hydrogens is 222 g/mol. The van der Waals surface area contributed by atoms with Crippen molar-refractivity contribution in [3.05, 3.63) is 24.8 Å². The third kappa shape index (κ3) is 2.47. The molecule has 2 N–H and O–H groups in total. The number of amides is 1. The molecule has 0 spiro atoms. The van der Waals surface area contributed by atoms with E-state index in [0.717, 1.165) is 0 Å². The number of carbonyl (C=O) groups is 1. The lowest BCUT2D eigenvalue weighted by Crippen LogP contribution is -2.33. The van der Waals surface area contributed by atoms with Crippen molar-refractivity contribution in [1.82, 2.24) is 35.3 Å². The maximum Gasteiger partial charge on any atom is 0.245 e. The van der Waals surface area contributed by atoms with E-state index >= 15 is 0 Å². The van der Waals surface area contributed by atoms with Crippen molar-refractivity contribution in [2.24, 2.45) is 0 Å². The molecule has 90 valence electrons. The van der Waals surface area contributed by atoms with Crippen LogP contribution in [0.25, 0.3) is 0 Å².